The van der Waals surface area contributed by atoms with Crippen LogP contribution in [0.1, 0.15) is 22.0 Å². The van der Waals surface area contributed by atoms with Crippen LogP contribution in [0.15, 0.2) is 72.1 Å². The van der Waals surface area contributed by atoms with Gasteiger partial charge in [-0.05, 0) is 53.8 Å². The average Bonchev–Trinajstić information content (AvgIpc) is 3.07. The van der Waals surface area contributed by atoms with Crippen molar-refractivity contribution in [3.8, 4) is 0 Å². The van der Waals surface area contributed by atoms with Gasteiger partial charge in [-0.15, -0.1) is 11.3 Å². The normalized spacial score (nSPS) is 11.7. The van der Waals surface area contributed by atoms with E-state index in [1.54, 1.807) is 11.3 Å². The summed E-state index contributed by atoms with van der Waals surface area (Å²) in [4.78, 5) is 1.24. The van der Waals surface area contributed by atoms with Gasteiger partial charge in [0.1, 0.15) is 0 Å². The van der Waals surface area contributed by atoms with Crippen LogP contribution >= 0.6 is 23.6 Å². The molecule has 2 nitrogen and oxygen atoms in total. The van der Waals surface area contributed by atoms with Crippen LogP contribution < -0.4 is 10.6 Å². The molecule has 0 fully saturated rings. The minimum atomic E-state index is 0.0565. The molecule has 0 saturated carbocycles. The lowest BCUT2D eigenvalue weighted by Crippen LogP contribution is -2.32. The molecule has 0 bridgehead atoms. The molecule has 0 aliphatic carbocycles. The average molecular weight is 339 g/mol. The minimum absolute atomic E-state index is 0.0565. The van der Waals surface area contributed by atoms with Crippen molar-refractivity contribution >= 4 is 34.4 Å². The van der Waals surface area contributed by atoms with Crippen molar-refractivity contribution in [1.82, 2.24) is 5.32 Å². The second-order valence-electron chi connectivity index (χ2n) is 5.33. The second-order valence-corrected chi connectivity index (χ2v) is 6.71. The molecule has 3 aromatic rings. The highest BCUT2D eigenvalue weighted by molar-refractivity contribution is 7.80. The van der Waals surface area contributed by atoms with Crippen LogP contribution in [0.3, 0.4) is 0 Å². The SMILES string of the molecule is Cc1cccc(NC(=S)N[C@H](c2ccccc2)c2cccs2)c1. The Bertz CT molecular complexity index is 767. The van der Waals surface area contributed by atoms with Crippen molar-refractivity contribution in [1.29, 1.82) is 0 Å². The molecule has 0 amide bonds. The highest BCUT2D eigenvalue weighted by atomic mass is 32.1. The van der Waals surface area contributed by atoms with Crippen molar-refractivity contribution in [2.24, 2.45) is 0 Å². The summed E-state index contributed by atoms with van der Waals surface area (Å²) < 4.78 is 0. The number of rotatable bonds is 4. The number of thiocarbonyl (C=S) groups is 1. The maximum atomic E-state index is 5.51. The first-order chi connectivity index (χ1) is 11.2. The van der Waals surface area contributed by atoms with Gasteiger partial charge < -0.3 is 10.6 Å². The van der Waals surface area contributed by atoms with Gasteiger partial charge in [-0.25, -0.2) is 0 Å². The molecule has 116 valence electrons. The van der Waals surface area contributed by atoms with Gasteiger partial charge in [0.15, 0.2) is 5.11 Å². The summed E-state index contributed by atoms with van der Waals surface area (Å²) in [5, 5.41) is 9.41. The fourth-order valence-electron chi connectivity index (χ4n) is 2.44. The maximum absolute atomic E-state index is 5.51. The Balaban J connectivity index is 1.77. The summed E-state index contributed by atoms with van der Waals surface area (Å²) >= 11 is 7.24. The van der Waals surface area contributed by atoms with Crippen molar-refractivity contribution < 1.29 is 0 Å². The van der Waals surface area contributed by atoms with Gasteiger partial charge in [0.25, 0.3) is 0 Å². The smallest absolute Gasteiger partial charge is 0.171 e. The van der Waals surface area contributed by atoms with Crippen LogP contribution in [-0.4, -0.2) is 5.11 Å². The molecule has 2 N–H and O–H groups in total. The molecular formula is C19H18N2S2. The first-order valence-electron chi connectivity index (χ1n) is 7.45. The number of anilines is 1. The topological polar surface area (TPSA) is 24.1 Å². The van der Waals surface area contributed by atoms with Crippen molar-refractivity contribution in [2.75, 3.05) is 5.32 Å². The van der Waals surface area contributed by atoms with E-state index in [9.17, 15) is 0 Å². The van der Waals surface area contributed by atoms with Crippen molar-refractivity contribution in [2.45, 2.75) is 13.0 Å². The van der Waals surface area contributed by atoms with Gasteiger partial charge >= 0.3 is 0 Å². The quantitative estimate of drug-likeness (QED) is 0.645. The number of nitrogens with one attached hydrogen (secondary N) is 2. The summed E-state index contributed by atoms with van der Waals surface area (Å²) in [7, 11) is 0. The highest BCUT2D eigenvalue weighted by Gasteiger charge is 2.16. The second kappa shape index (κ2) is 7.40. The van der Waals surface area contributed by atoms with Crippen LogP contribution in [-0.2, 0) is 0 Å². The lowest BCUT2D eigenvalue weighted by atomic mass is 10.1. The molecule has 4 heteroatoms. The fraction of sp³-hybridized carbons (Fsp3) is 0.105. The van der Waals surface area contributed by atoms with Crippen LogP contribution in [0.5, 0.6) is 0 Å². The Labute approximate surface area is 146 Å². The predicted octanol–water partition coefficient (Wildman–Crippen LogP) is 5.13. The largest absolute Gasteiger partial charge is 0.351 e. The number of thiophene rings is 1. The third-order valence-corrected chi connectivity index (χ3v) is 4.67. The molecule has 0 spiro atoms. The Morgan fingerprint density at radius 3 is 2.52 bits per heavy atom. The molecule has 0 aliphatic heterocycles. The molecule has 2 aromatic carbocycles. The summed E-state index contributed by atoms with van der Waals surface area (Å²) in [6, 6.07) is 22.8. The maximum Gasteiger partial charge on any atom is 0.171 e. The van der Waals surface area contributed by atoms with E-state index in [2.05, 4.69) is 71.5 Å². The molecule has 0 saturated heterocycles. The van der Waals surface area contributed by atoms with E-state index in [0.717, 1.165) is 5.69 Å². The van der Waals surface area contributed by atoms with Crippen LogP contribution in [0.2, 0.25) is 0 Å². The lowest BCUT2D eigenvalue weighted by Gasteiger charge is -2.20. The summed E-state index contributed by atoms with van der Waals surface area (Å²) in [5.41, 5.74) is 3.40. The third kappa shape index (κ3) is 4.18. The lowest BCUT2D eigenvalue weighted by molar-refractivity contribution is 0.784. The van der Waals surface area contributed by atoms with Gasteiger partial charge in [-0.3, -0.25) is 0 Å². The van der Waals surface area contributed by atoms with E-state index < -0.39 is 0 Å². The summed E-state index contributed by atoms with van der Waals surface area (Å²) in [6.07, 6.45) is 0. The number of hydrogen-bond donors (Lipinski definition) is 2. The first-order valence-corrected chi connectivity index (χ1v) is 8.74. The van der Waals surface area contributed by atoms with E-state index in [-0.39, 0.29) is 6.04 Å². The zero-order valence-corrected chi connectivity index (χ0v) is 14.5. The van der Waals surface area contributed by atoms with E-state index in [1.165, 1.54) is 16.0 Å². The molecule has 1 heterocycles. The first kappa shape index (κ1) is 15.7. The number of aryl methyl sites for hydroxylation is 1. The van der Waals surface area contributed by atoms with E-state index in [0.29, 0.717) is 5.11 Å². The third-order valence-electron chi connectivity index (χ3n) is 3.51. The number of hydrogen-bond acceptors (Lipinski definition) is 2. The van der Waals surface area contributed by atoms with E-state index in [1.807, 2.05) is 18.2 Å². The Hall–Kier alpha value is -2.17. The molecule has 0 radical (unpaired) electrons. The zero-order valence-electron chi connectivity index (χ0n) is 12.8. The monoisotopic (exact) mass is 338 g/mol. The van der Waals surface area contributed by atoms with E-state index >= 15 is 0 Å². The summed E-state index contributed by atoms with van der Waals surface area (Å²) in [6.45, 7) is 2.07. The van der Waals surface area contributed by atoms with Crippen LogP contribution in [0.25, 0.3) is 0 Å². The molecule has 1 atom stereocenters. The Kier molecular flexibility index (Phi) is 5.05. The van der Waals surface area contributed by atoms with Crippen LogP contribution in [0, 0.1) is 6.92 Å². The van der Waals surface area contributed by atoms with Gasteiger partial charge in [0.2, 0.25) is 0 Å². The molecule has 0 aliphatic rings. The van der Waals surface area contributed by atoms with Gasteiger partial charge in [0, 0.05) is 10.6 Å². The van der Waals surface area contributed by atoms with Crippen molar-refractivity contribution in [3.63, 3.8) is 0 Å². The number of benzene rings is 2. The summed E-state index contributed by atoms with van der Waals surface area (Å²) in [5.74, 6) is 0. The highest BCUT2D eigenvalue weighted by Crippen LogP contribution is 2.26. The molecular weight excluding hydrogens is 320 g/mol. The minimum Gasteiger partial charge on any atom is -0.351 e. The molecule has 1 aromatic heterocycles. The Morgan fingerprint density at radius 1 is 1.00 bits per heavy atom. The standard InChI is InChI=1S/C19H18N2S2/c1-14-7-5-10-16(13-14)20-19(22)21-18(17-11-6-12-23-17)15-8-3-2-4-9-15/h2-13,18H,1H3,(H2,20,21,22)/t18-/m1/s1. The van der Waals surface area contributed by atoms with Crippen LogP contribution in [0.4, 0.5) is 5.69 Å². The van der Waals surface area contributed by atoms with Crippen molar-refractivity contribution in [3.05, 3.63) is 88.1 Å². The predicted molar refractivity (Wildman–Crippen MR) is 103 cm³/mol. The zero-order chi connectivity index (χ0) is 16.1. The molecule has 3 rings (SSSR count). The van der Waals surface area contributed by atoms with Gasteiger partial charge in [-0.1, -0.05) is 48.5 Å². The molecule has 0 unspecified atom stereocenters. The van der Waals surface area contributed by atoms with Gasteiger partial charge in [0.05, 0.1) is 6.04 Å². The van der Waals surface area contributed by atoms with Gasteiger partial charge in [-0.2, -0.15) is 0 Å². The van der Waals surface area contributed by atoms with E-state index in [4.69, 9.17) is 12.2 Å². The fourth-order valence-corrected chi connectivity index (χ4v) is 3.48. The molecule has 23 heavy (non-hydrogen) atoms. The Morgan fingerprint density at radius 2 is 1.83 bits per heavy atom.